The Morgan fingerprint density at radius 1 is 0.892 bits per heavy atom. The van der Waals surface area contributed by atoms with Crippen LogP contribution in [0.25, 0.3) is 0 Å². The third-order valence-corrected chi connectivity index (χ3v) is 9.26. The lowest BCUT2D eigenvalue weighted by Crippen LogP contribution is -2.62. The van der Waals surface area contributed by atoms with Gasteiger partial charge in [0.15, 0.2) is 12.5 Å². The van der Waals surface area contributed by atoms with Gasteiger partial charge >= 0.3 is 0 Å². The molecule has 4 aromatic rings. The van der Waals surface area contributed by atoms with Crippen LogP contribution in [0.4, 0.5) is 0 Å². The second-order valence-electron chi connectivity index (χ2n) is 9.26. The number of nitrogens with two attached hydrogens (primary N) is 1. The number of rotatable bonds is 6. The Labute approximate surface area is 216 Å². The molecule has 6 rings (SSSR count). The molecule has 9 heteroatoms. The molecule has 0 unspecified atom stereocenters. The maximum Gasteiger partial charge on any atom is 0.184 e. The van der Waals surface area contributed by atoms with Crippen molar-refractivity contribution in [2.24, 2.45) is 5.73 Å². The molecule has 8 nitrogen and oxygen atoms in total. The zero-order valence-electron chi connectivity index (χ0n) is 20.2. The van der Waals surface area contributed by atoms with Gasteiger partial charge in [-0.3, -0.25) is 0 Å². The molecule has 2 fully saturated rings. The molecule has 3 N–H and O–H groups in total. The molecular weight excluding hydrogens is 487 g/mol. The third kappa shape index (κ3) is 5.09. The van der Waals surface area contributed by atoms with Crippen LogP contribution in [0.1, 0.15) is 23.8 Å². The molecule has 0 bridgehead atoms. The van der Waals surface area contributed by atoms with E-state index in [9.17, 15) is 5.11 Å². The molecule has 0 spiro atoms. The fourth-order valence-electron chi connectivity index (χ4n) is 4.86. The van der Waals surface area contributed by atoms with Crippen molar-refractivity contribution < 1.29 is 19.3 Å². The summed E-state index contributed by atoms with van der Waals surface area (Å²) in [5.74, 6) is 0. The predicted molar refractivity (Wildman–Crippen MR) is 141 cm³/mol. The summed E-state index contributed by atoms with van der Waals surface area (Å²) >= 11 is 0. The maximum atomic E-state index is 11.1. The predicted octanol–water partition coefficient (Wildman–Crippen LogP) is 2.61. The largest absolute Gasteiger partial charge is 0.388 e. The van der Waals surface area contributed by atoms with E-state index in [4.69, 9.17) is 19.9 Å². The van der Waals surface area contributed by atoms with Gasteiger partial charge in [0, 0.05) is 11.7 Å². The van der Waals surface area contributed by atoms with Gasteiger partial charge in [-0.25, -0.2) is 4.68 Å². The average Bonchev–Trinajstić information content (AvgIpc) is 3.43. The van der Waals surface area contributed by atoms with Gasteiger partial charge in [0.2, 0.25) is 0 Å². The Kier molecular flexibility index (Phi) is 7.11. The minimum absolute atomic E-state index is 0.277. The van der Waals surface area contributed by atoms with Gasteiger partial charge in [0.05, 0.1) is 24.5 Å². The highest BCUT2D eigenvalue weighted by molar-refractivity contribution is 7.72. The molecule has 2 aliphatic heterocycles. The lowest BCUT2D eigenvalue weighted by atomic mass is 9.95. The highest BCUT2D eigenvalue weighted by atomic mass is 31.1. The Balaban J connectivity index is 1.19. The van der Waals surface area contributed by atoms with Crippen LogP contribution in [0.3, 0.4) is 0 Å². The zero-order chi connectivity index (χ0) is 25.2. The monoisotopic (exact) mass is 516 g/mol. The smallest absolute Gasteiger partial charge is 0.184 e. The summed E-state index contributed by atoms with van der Waals surface area (Å²) in [7, 11) is -0.668. The number of aromatic nitrogens is 3. The van der Waals surface area contributed by atoms with Crippen LogP contribution in [0.15, 0.2) is 97.2 Å². The molecule has 2 saturated heterocycles. The lowest BCUT2D eigenvalue weighted by Gasteiger charge is -2.46. The van der Waals surface area contributed by atoms with Crippen molar-refractivity contribution in [3.8, 4) is 0 Å². The highest BCUT2D eigenvalue weighted by Crippen LogP contribution is 2.39. The van der Waals surface area contributed by atoms with E-state index in [-0.39, 0.29) is 6.61 Å². The van der Waals surface area contributed by atoms with Gasteiger partial charge in [-0.1, -0.05) is 96.2 Å². The van der Waals surface area contributed by atoms with Gasteiger partial charge < -0.3 is 25.1 Å². The number of nitrogens with zero attached hydrogens (tertiary/aromatic N) is 3. The number of aliphatic hydroxyl groups excluding tert-OH is 1. The SMILES string of the molecule is N[C@@H]1[C@@H](O)[C@@H]2O[C@H](c3ccccc3)OC[C@H]2O[C@H]1n1cc(CP(c2ccccc2)c2ccccc2)nn1. The van der Waals surface area contributed by atoms with E-state index in [0.29, 0.717) is 0 Å². The number of hydrogen-bond acceptors (Lipinski definition) is 7. The summed E-state index contributed by atoms with van der Waals surface area (Å²) < 4.78 is 19.9. The Morgan fingerprint density at radius 3 is 2.16 bits per heavy atom. The lowest BCUT2D eigenvalue weighted by molar-refractivity contribution is -0.322. The highest BCUT2D eigenvalue weighted by Gasteiger charge is 2.49. The summed E-state index contributed by atoms with van der Waals surface area (Å²) in [6.07, 6.45) is -0.677. The summed E-state index contributed by atoms with van der Waals surface area (Å²) in [5.41, 5.74) is 8.18. The second kappa shape index (κ2) is 10.8. The molecule has 3 aromatic carbocycles. The van der Waals surface area contributed by atoms with Gasteiger partial charge in [-0.05, 0) is 18.5 Å². The molecule has 0 amide bonds. The summed E-state index contributed by atoms with van der Waals surface area (Å²) in [6.45, 7) is 0.277. The Hall–Kier alpha value is -2.97. The summed E-state index contributed by atoms with van der Waals surface area (Å²) in [6, 6.07) is 29.8. The third-order valence-electron chi connectivity index (χ3n) is 6.78. The van der Waals surface area contributed by atoms with E-state index in [1.807, 2.05) is 48.7 Å². The first-order valence-corrected chi connectivity index (χ1v) is 13.9. The van der Waals surface area contributed by atoms with Crippen LogP contribution in [-0.4, -0.2) is 51.1 Å². The Bertz CT molecular complexity index is 1250. The van der Waals surface area contributed by atoms with Crippen LogP contribution < -0.4 is 16.3 Å². The van der Waals surface area contributed by atoms with E-state index in [1.165, 1.54) is 10.6 Å². The summed E-state index contributed by atoms with van der Waals surface area (Å²) in [5, 5.41) is 22.4. The number of ether oxygens (including phenoxy) is 3. The molecule has 1 aromatic heterocycles. The molecule has 6 atom stereocenters. The maximum absolute atomic E-state index is 11.1. The molecule has 2 aliphatic rings. The number of benzene rings is 3. The molecular formula is C28H29N4O4P. The Morgan fingerprint density at radius 2 is 1.51 bits per heavy atom. The van der Waals surface area contributed by atoms with Crippen molar-refractivity contribution >= 4 is 18.5 Å². The number of hydrogen-bond donors (Lipinski definition) is 2. The molecule has 190 valence electrons. The van der Waals surface area contributed by atoms with E-state index >= 15 is 0 Å². The van der Waals surface area contributed by atoms with Crippen LogP contribution in [0.2, 0.25) is 0 Å². The minimum atomic E-state index is -0.947. The standard InChI is InChI=1S/C28H29N4O4P/c29-24-25(33)26-23(17-34-28(36-26)19-10-4-1-5-11-19)35-27(24)32-16-20(30-31-32)18-37(21-12-6-2-7-13-21)22-14-8-3-9-15-22/h1-16,23-28,33H,17-18,29H2/t23-,24-,25-,26-,27-,28-/m1/s1. The quantitative estimate of drug-likeness (QED) is 0.380. The van der Waals surface area contributed by atoms with Crippen molar-refractivity contribution in [1.82, 2.24) is 15.0 Å². The first-order valence-electron chi connectivity index (χ1n) is 12.4. The fourth-order valence-corrected chi connectivity index (χ4v) is 7.06. The molecule has 3 heterocycles. The normalized spacial score (nSPS) is 27.6. The van der Waals surface area contributed by atoms with Crippen molar-refractivity contribution in [3.05, 3.63) is 108 Å². The van der Waals surface area contributed by atoms with E-state index in [2.05, 4.69) is 58.8 Å². The second-order valence-corrected chi connectivity index (χ2v) is 11.5. The first kappa shape index (κ1) is 24.4. The van der Waals surface area contributed by atoms with Crippen LogP contribution in [-0.2, 0) is 20.4 Å². The van der Waals surface area contributed by atoms with Gasteiger partial charge in [0.25, 0.3) is 0 Å². The molecule has 37 heavy (non-hydrogen) atoms. The van der Waals surface area contributed by atoms with E-state index in [0.717, 1.165) is 17.4 Å². The van der Waals surface area contributed by atoms with Crippen molar-refractivity contribution in [2.75, 3.05) is 6.61 Å². The minimum Gasteiger partial charge on any atom is -0.388 e. The number of fused-ring (bicyclic) bond motifs is 1. The molecule has 0 radical (unpaired) electrons. The van der Waals surface area contributed by atoms with Crippen LogP contribution in [0, 0.1) is 0 Å². The van der Waals surface area contributed by atoms with Gasteiger partial charge in [-0.2, -0.15) is 0 Å². The van der Waals surface area contributed by atoms with Gasteiger partial charge in [-0.15, -0.1) is 5.10 Å². The van der Waals surface area contributed by atoms with E-state index in [1.54, 1.807) is 4.68 Å². The van der Waals surface area contributed by atoms with Crippen molar-refractivity contribution in [2.45, 2.75) is 43.0 Å². The van der Waals surface area contributed by atoms with E-state index < -0.39 is 44.8 Å². The van der Waals surface area contributed by atoms with Crippen LogP contribution in [0.5, 0.6) is 0 Å². The average molecular weight is 517 g/mol. The summed E-state index contributed by atoms with van der Waals surface area (Å²) in [4.78, 5) is 0. The molecule has 0 aliphatic carbocycles. The van der Waals surface area contributed by atoms with Gasteiger partial charge in [0.1, 0.15) is 18.3 Å². The van der Waals surface area contributed by atoms with Crippen molar-refractivity contribution in [3.63, 3.8) is 0 Å². The van der Waals surface area contributed by atoms with Crippen LogP contribution >= 0.6 is 7.92 Å². The zero-order valence-corrected chi connectivity index (χ0v) is 21.0. The number of aliphatic hydroxyl groups is 1. The first-order chi connectivity index (χ1) is 18.2. The topological polar surface area (TPSA) is 105 Å². The molecule has 0 saturated carbocycles. The fraction of sp³-hybridized carbons (Fsp3) is 0.286. The van der Waals surface area contributed by atoms with Crippen molar-refractivity contribution in [1.29, 1.82) is 0 Å².